The fraction of sp³-hybridized carbons (Fsp3) is 0.789. The highest BCUT2D eigenvalue weighted by molar-refractivity contribution is 5.75. The normalized spacial score (nSPS) is 27.7. The fourth-order valence-corrected chi connectivity index (χ4v) is 8.93. The lowest BCUT2D eigenvalue weighted by Gasteiger charge is -2.53. The summed E-state index contributed by atoms with van der Waals surface area (Å²) >= 11 is 0. The second-order valence-electron chi connectivity index (χ2n) is 14.5. The highest BCUT2D eigenvalue weighted by Gasteiger charge is 2.56. The molecule has 1 N–H and O–H groups in total. The molecule has 0 spiro atoms. The molecule has 3 aliphatic rings. The Bertz CT molecular complexity index is 1040. The fourth-order valence-electron chi connectivity index (χ4n) is 8.93. The molecule has 242 valence electrons. The van der Waals surface area contributed by atoms with Crippen LogP contribution in [0.25, 0.3) is 0 Å². The number of aliphatic hydroxyl groups excluding tert-OH is 1. The molecule has 1 aromatic rings. The van der Waals surface area contributed by atoms with E-state index < -0.39 is 0 Å². The van der Waals surface area contributed by atoms with Crippen LogP contribution in [-0.4, -0.2) is 41.6 Å². The number of ether oxygens (including phenoxy) is 1. The number of esters is 1. The van der Waals surface area contributed by atoms with Gasteiger partial charge in [-0.3, -0.25) is 9.59 Å². The number of aliphatic hydroxyl groups is 1. The molecule has 0 aliphatic heterocycles. The van der Waals surface area contributed by atoms with Gasteiger partial charge in [0.25, 0.3) is 0 Å². The molecule has 4 rings (SSSR count). The number of rotatable bonds is 17. The number of carbonyl (C=O) groups excluding carboxylic acids is 2. The van der Waals surface area contributed by atoms with E-state index in [1.807, 2.05) is 24.9 Å². The van der Waals surface area contributed by atoms with Gasteiger partial charge in [-0.1, -0.05) is 78.2 Å². The number of fused-ring (bicyclic) bond motifs is 5. The van der Waals surface area contributed by atoms with E-state index in [1.165, 1.54) is 62.5 Å². The number of hydrogen-bond acceptors (Lipinski definition) is 4. The van der Waals surface area contributed by atoms with Crippen molar-refractivity contribution in [2.24, 2.45) is 23.2 Å². The van der Waals surface area contributed by atoms with Crippen LogP contribution in [0, 0.1) is 23.2 Å². The Labute approximate surface area is 262 Å². The van der Waals surface area contributed by atoms with Crippen molar-refractivity contribution in [2.45, 2.75) is 155 Å². The summed E-state index contributed by atoms with van der Waals surface area (Å²) in [5.41, 5.74) is 2.95. The van der Waals surface area contributed by atoms with E-state index >= 15 is 0 Å². The molecule has 1 aromatic carbocycles. The first-order valence-corrected chi connectivity index (χ1v) is 18.0. The van der Waals surface area contributed by atoms with Crippen molar-refractivity contribution in [3.63, 3.8) is 0 Å². The zero-order valence-electron chi connectivity index (χ0n) is 27.9. The Morgan fingerprint density at radius 1 is 0.930 bits per heavy atom. The van der Waals surface area contributed by atoms with Gasteiger partial charge in [0.15, 0.2) is 0 Å². The maximum absolute atomic E-state index is 12.2. The summed E-state index contributed by atoms with van der Waals surface area (Å²) in [6, 6.07) is 6.44. The zero-order chi connectivity index (χ0) is 30.8. The first-order valence-electron chi connectivity index (χ1n) is 18.0. The van der Waals surface area contributed by atoms with Gasteiger partial charge in [0.1, 0.15) is 5.75 Å². The third-order valence-corrected chi connectivity index (χ3v) is 11.5. The molecule has 0 saturated heterocycles. The maximum Gasteiger partial charge on any atom is 0.311 e. The van der Waals surface area contributed by atoms with Gasteiger partial charge in [-0.15, -0.1) is 0 Å². The van der Waals surface area contributed by atoms with Crippen LogP contribution in [0.15, 0.2) is 18.2 Å². The Morgan fingerprint density at radius 2 is 1.65 bits per heavy atom. The van der Waals surface area contributed by atoms with Gasteiger partial charge in [-0.25, -0.2) is 0 Å². The number of nitrogens with zero attached hydrogens (tertiary/aromatic N) is 1. The van der Waals surface area contributed by atoms with Crippen LogP contribution in [-0.2, 0) is 16.0 Å². The first-order chi connectivity index (χ1) is 20.8. The van der Waals surface area contributed by atoms with Gasteiger partial charge >= 0.3 is 5.97 Å². The van der Waals surface area contributed by atoms with E-state index in [0.29, 0.717) is 48.2 Å². The molecular weight excluding hydrogens is 534 g/mol. The van der Waals surface area contributed by atoms with Crippen LogP contribution in [0.3, 0.4) is 0 Å². The number of hydrogen-bond donors (Lipinski definition) is 1. The Kier molecular flexibility index (Phi) is 13.0. The summed E-state index contributed by atoms with van der Waals surface area (Å²) in [6.45, 7) is 7.44. The summed E-state index contributed by atoms with van der Waals surface area (Å²) in [7, 11) is 1.94. The van der Waals surface area contributed by atoms with Crippen molar-refractivity contribution in [3.8, 4) is 5.75 Å². The van der Waals surface area contributed by atoms with Gasteiger partial charge in [0.2, 0.25) is 5.91 Å². The molecule has 0 radical (unpaired) electrons. The number of benzene rings is 1. The average molecular weight is 596 g/mol. The highest BCUT2D eigenvalue weighted by Crippen LogP contribution is 2.62. The molecule has 43 heavy (non-hydrogen) atoms. The van der Waals surface area contributed by atoms with Crippen LogP contribution in [0.5, 0.6) is 5.75 Å². The molecule has 6 atom stereocenters. The molecule has 0 heterocycles. The molecule has 1 amide bonds. The van der Waals surface area contributed by atoms with Crippen molar-refractivity contribution >= 4 is 11.9 Å². The van der Waals surface area contributed by atoms with Crippen LogP contribution >= 0.6 is 0 Å². The van der Waals surface area contributed by atoms with Crippen LogP contribution in [0.2, 0.25) is 0 Å². The summed E-state index contributed by atoms with van der Waals surface area (Å²) in [5, 5.41) is 11.0. The third kappa shape index (κ3) is 8.65. The van der Waals surface area contributed by atoms with E-state index in [-0.39, 0.29) is 17.5 Å². The highest BCUT2D eigenvalue weighted by atomic mass is 16.5. The minimum Gasteiger partial charge on any atom is -0.427 e. The average Bonchev–Trinajstić information content (AvgIpc) is 3.30. The van der Waals surface area contributed by atoms with Crippen molar-refractivity contribution < 1.29 is 19.4 Å². The minimum absolute atomic E-state index is 0.0715. The SMILES string of the molecule is CCCCN(C)C(=O)CCCCCCCCCC[C@@H]1Cc2cc(OC(=O)CCC)ccc2[C@H]2CC[C@]3(C)[C@@H](O)CC[C@H]3[C@H]12. The van der Waals surface area contributed by atoms with Gasteiger partial charge in [-0.2, -0.15) is 0 Å². The molecular formula is C38H61NO4. The second kappa shape index (κ2) is 16.4. The molecule has 5 nitrogen and oxygen atoms in total. The Hall–Kier alpha value is -1.88. The monoisotopic (exact) mass is 595 g/mol. The third-order valence-electron chi connectivity index (χ3n) is 11.5. The summed E-state index contributed by atoms with van der Waals surface area (Å²) in [4.78, 5) is 26.3. The lowest BCUT2D eigenvalue weighted by molar-refractivity contribution is -0.134. The standard InChI is InChI=1S/C38H61NO4/c1-5-7-25-39(4)35(41)18-15-13-11-9-8-10-12-14-17-28-26-29-27-30(43-36(42)16-6-2)19-20-31(29)32-23-24-38(3)33(37(28)32)21-22-34(38)40/h19-20,27-28,32-34,37,40H,5-18,21-26H2,1-4H3/t28-,32-,33+,34+,37-,38+/m1/s1. The summed E-state index contributed by atoms with van der Waals surface area (Å²) in [6.07, 6.45) is 20.6. The lowest BCUT2D eigenvalue weighted by atomic mass is 9.52. The summed E-state index contributed by atoms with van der Waals surface area (Å²) in [5.74, 6) is 3.35. The minimum atomic E-state index is -0.152. The van der Waals surface area contributed by atoms with Crippen molar-refractivity contribution in [3.05, 3.63) is 29.3 Å². The predicted molar refractivity (Wildman–Crippen MR) is 175 cm³/mol. The van der Waals surface area contributed by atoms with Gasteiger partial charge in [0, 0.05) is 26.4 Å². The van der Waals surface area contributed by atoms with Gasteiger partial charge in [-0.05, 0) is 110 Å². The molecule has 3 aliphatic carbocycles. The molecule has 0 unspecified atom stereocenters. The van der Waals surface area contributed by atoms with Crippen molar-refractivity contribution in [2.75, 3.05) is 13.6 Å². The Balaban J connectivity index is 1.26. The van der Waals surface area contributed by atoms with Crippen LogP contribution in [0.4, 0.5) is 0 Å². The van der Waals surface area contributed by atoms with E-state index in [4.69, 9.17) is 4.74 Å². The smallest absolute Gasteiger partial charge is 0.311 e. The Morgan fingerprint density at radius 3 is 2.37 bits per heavy atom. The van der Waals surface area contributed by atoms with E-state index in [0.717, 1.165) is 64.3 Å². The predicted octanol–water partition coefficient (Wildman–Crippen LogP) is 8.99. The number of unbranched alkanes of at least 4 members (excludes halogenated alkanes) is 8. The van der Waals surface area contributed by atoms with E-state index in [9.17, 15) is 14.7 Å². The number of carbonyl (C=O) groups is 2. The largest absolute Gasteiger partial charge is 0.427 e. The lowest BCUT2D eigenvalue weighted by Crippen LogP contribution is -2.47. The van der Waals surface area contributed by atoms with E-state index in [2.05, 4.69) is 26.0 Å². The quantitative estimate of drug-likeness (QED) is 0.111. The van der Waals surface area contributed by atoms with Gasteiger partial charge in [0.05, 0.1) is 6.10 Å². The van der Waals surface area contributed by atoms with Gasteiger partial charge < -0.3 is 14.7 Å². The van der Waals surface area contributed by atoms with Crippen molar-refractivity contribution in [1.82, 2.24) is 4.90 Å². The van der Waals surface area contributed by atoms with Crippen molar-refractivity contribution in [1.29, 1.82) is 0 Å². The maximum atomic E-state index is 12.2. The molecule has 2 saturated carbocycles. The molecule has 0 bridgehead atoms. The second-order valence-corrected chi connectivity index (χ2v) is 14.5. The molecule has 0 aromatic heterocycles. The summed E-state index contributed by atoms with van der Waals surface area (Å²) < 4.78 is 5.70. The molecule has 5 heteroatoms. The van der Waals surface area contributed by atoms with Crippen LogP contribution in [0.1, 0.15) is 153 Å². The topological polar surface area (TPSA) is 66.8 Å². The number of amides is 1. The van der Waals surface area contributed by atoms with E-state index in [1.54, 1.807) is 0 Å². The first kappa shape index (κ1) is 34.0. The molecule has 2 fully saturated rings. The zero-order valence-corrected chi connectivity index (χ0v) is 27.9. The van der Waals surface area contributed by atoms with Crippen LogP contribution < -0.4 is 4.74 Å².